The lowest BCUT2D eigenvalue weighted by molar-refractivity contribution is 0.578. The van der Waals surface area contributed by atoms with E-state index in [-0.39, 0.29) is 4.90 Å². The van der Waals surface area contributed by atoms with Crippen LogP contribution in [0.3, 0.4) is 0 Å². The number of pyridine rings is 1. The van der Waals surface area contributed by atoms with E-state index >= 15 is 0 Å². The molecule has 0 amide bonds. The molecule has 0 aliphatic carbocycles. The van der Waals surface area contributed by atoms with Crippen LogP contribution in [0.1, 0.15) is 11.4 Å². The summed E-state index contributed by atoms with van der Waals surface area (Å²) < 4.78 is 26.6. The van der Waals surface area contributed by atoms with Gasteiger partial charge in [0.05, 0.1) is 21.9 Å². The highest BCUT2D eigenvalue weighted by atomic mass is 35.5. The van der Waals surface area contributed by atoms with E-state index in [1.165, 1.54) is 6.07 Å². The third-order valence-corrected chi connectivity index (χ3v) is 5.51. The van der Waals surface area contributed by atoms with Gasteiger partial charge in [-0.1, -0.05) is 29.8 Å². The number of hydrogen-bond donors (Lipinski definition) is 0. The van der Waals surface area contributed by atoms with E-state index in [1.807, 2.05) is 12.1 Å². The summed E-state index contributed by atoms with van der Waals surface area (Å²) in [6.07, 6.45) is 1.57. The fraction of sp³-hybridized carbons (Fsp3) is 0.143. The maximum Gasteiger partial charge on any atom is 0.285 e. The molecule has 21 heavy (non-hydrogen) atoms. The highest BCUT2D eigenvalue weighted by Crippen LogP contribution is 2.26. The van der Waals surface area contributed by atoms with Crippen LogP contribution < -0.4 is 0 Å². The Balaban J connectivity index is 2.33. The first kappa shape index (κ1) is 14.0. The van der Waals surface area contributed by atoms with E-state index in [0.29, 0.717) is 21.9 Å². The smallest absolute Gasteiger partial charge is 0.255 e. The van der Waals surface area contributed by atoms with Crippen molar-refractivity contribution in [3.05, 3.63) is 52.9 Å². The summed E-state index contributed by atoms with van der Waals surface area (Å²) in [7, 11) is -3.84. The maximum absolute atomic E-state index is 12.8. The number of benzene rings is 1. The first-order valence-corrected chi connectivity index (χ1v) is 8.06. The van der Waals surface area contributed by atoms with E-state index in [4.69, 9.17) is 11.6 Å². The average molecular weight is 322 g/mol. The lowest BCUT2D eigenvalue weighted by atomic mass is 10.2. The summed E-state index contributed by atoms with van der Waals surface area (Å²) in [6, 6.07) is 8.60. The van der Waals surface area contributed by atoms with Gasteiger partial charge in [0.1, 0.15) is 4.90 Å². The third kappa shape index (κ3) is 2.11. The van der Waals surface area contributed by atoms with Crippen LogP contribution in [0.4, 0.5) is 0 Å². The molecule has 0 spiro atoms. The van der Waals surface area contributed by atoms with E-state index in [0.717, 1.165) is 9.47 Å². The summed E-state index contributed by atoms with van der Waals surface area (Å²) in [4.78, 5) is 4.29. The molecule has 0 aliphatic rings. The molecule has 0 radical (unpaired) electrons. The molecule has 1 aromatic carbocycles. The van der Waals surface area contributed by atoms with Gasteiger partial charge in [0.2, 0.25) is 0 Å². The number of aromatic nitrogens is 3. The summed E-state index contributed by atoms with van der Waals surface area (Å²) in [5.74, 6) is 0. The van der Waals surface area contributed by atoms with Crippen molar-refractivity contribution >= 4 is 32.5 Å². The van der Waals surface area contributed by atoms with Crippen LogP contribution in [0.5, 0.6) is 0 Å². The molecule has 2 aromatic heterocycles. The van der Waals surface area contributed by atoms with Crippen molar-refractivity contribution in [2.75, 3.05) is 0 Å². The lowest BCUT2D eigenvalue weighted by Gasteiger charge is -2.08. The van der Waals surface area contributed by atoms with Crippen molar-refractivity contribution in [3.63, 3.8) is 0 Å². The number of nitrogens with zero attached hydrogens (tertiary/aromatic N) is 3. The molecule has 0 bridgehead atoms. The van der Waals surface area contributed by atoms with Crippen LogP contribution in [0, 0.1) is 13.8 Å². The zero-order valence-corrected chi connectivity index (χ0v) is 13.0. The number of fused-ring (bicyclic) bond motifs is 1. The van der Waals surface area contributed by atoms with E-state index in [1.54, 1.807) is 32.2 Å². The predicted octanol–water partition coefficient (Wildman–Crippen LogP) is 2.94. The summed E-state index contributed by atoms with van der Waals surface area (Å²) in [6.45, 7) is 3.29. The van der Waals surface area contributed by atoms with Crippen molar-refractivity contribution in [2.24, 2.45) is 0 Å². The topological polar surface area (TPSA) is 64.8 Å². The van der Waals surface area contributed by atoms with Crippen LogP contribution in [0.15, 0.2) is 41.4 Å². The predicted molar refractivity (Wildman–Crippen MR) is 81.0 cm³/mol. The van der Waals surface area contributed by atoms with Gasteiger partial charge in [-0.25, -0.2) is 0 Å². The Kier molecular flexibility index (Phi) is 3.22. The van der Waals surface area contributed by atoms with Gasteiger partial charge in [-0.05, 0) is 26.0 Å². The molecule has 0 saturated carbocycles. The van der Waals surface area contributed by atoms with Crippen LogP contribution in [-0.4, -0.2) is 22.6 Å². The van der Waals surface area contributed by atoms with Gasteiger partial charge in [-0.3, -0.25) is 4.98 Å². The van der Waals surface area contributed by atoms with E-state index < -0.39 is 10.0 Å². The number of halogens is 1. The second kappa shape index (κ2) is 4.82. The molecule has 0 saturated heterocycles. The molecule has 0 N–H and O–H groups in total. The maximum atomic E-state index is 12.8. The Morgan fingerprint density at radius 2 is 1.86 bits per heavy atom. The fourth-order valence-electron chi connectivity index (χ4n) is 2.21. The van der Waals surface area contributed by atoms with Crippen molar-refractivity contribution in [2.45, 2.75) is 18.7 Å². The minimum Gasteiger partial charge on any atom is -0.255 e. The number of hydrogen-bond acceptors (Lipinski definition) is 4. The number of aryl methyl sites for hydroxylation is 1. The van der Waals surface area contributed by atoms with Crippen molar-refractivity contribution in [3.8, 4) is 0 Å². The molecular weight excluding hydrogens is 310 g/mol. The molecule has 0 unspecified atom stereocenters. The largest absolute Gasteiger partial charge is 0.285 e. The molecule has 0 aliphatic heterocycles. The zero-order chi connectivity index (χ0) is 15.2. The highest BCUT2D eigenvalue weighted by molar-refractivity contribution is 7.90. The highest BCUT2D eigenvalue weighted by Gasteiger charge is 2.25. The van der Waals surface area contributed by atoms with Gasteiger partial charge >= 0.3 is 0 Å². The van der Waals surface area contributed by atoms with Gasteiger partial charge in [0.25, 0.3) is 10.0 Å². The second-order valence-corrected chi connectivity index (χ2v) is 6.78. The molecule has 0 fully saturated rings. The van der Waals surface area contributed by atoms with Crippen LogP contribution in [-0.2, 0) is 10.0 Å². The van der Waals surface area contributed by atoms with Crippen LogP contribution in [0.2, 0.25) is 5.02 Å². The summed E-state index contributed by atoms with van der Waals surface area (Å²) in [5, 5.41) is 5.14. The van der Waals surface area contributed by atoms with E-state index in [2.05, 4.69) is 10.1 Å². The van der Waals surface area contributed by atoms with E-state index in [9.17, 15) is 8.42 Å². The Bertz CT molecular complexity index is 943. The summed E-state index contributed by atoms with van der Waals surface area (Å²) >= 11 is 6.05. The second-order valence-electron chi connectivity index (χ2n) is 4.66. The molecule has 5 nitrogen and oxygen atoms in total. The molecule has 3 rings (SSSR count). The Hall–Kier alpha value is -1.92. The molecule has 0 atom stereocenters. The minimum atomic E-state index is -3.84. The van der Waals surface area contributed by atoms with Gasteiger partial charge in [-0.15, -0.1) is 0 Å². The van der Waals surface area contributed by atoms with Crippen LogP contribution >= 0.6 is 11.6 Å². The Morgan fingerprint density at radius 3 is 2.52 bits per heavy atom. The molecular formula is C14H12ClN3O2S. The normalized spacial score (nSPS) is 12.0. The summed E-state index contributed by atoms with van der Waals surface area (Å²) in [5.41, 5.74) is 1.29. The quantitative estimate of drug-likeness (QED) is 0.728. The molecule has 7 heteroatoms. The van der Waals surface area contributed by atoms with Crippen molar-refractivity contribution in [1.82, 2.24) is 14.2 Å². The Morgan fingerprint density at radius 1 is 1.14 bits per heavy atom. The molecule has 2 heterocycles. The molecule has 108 valence electrons. The van der Waals surface area contributed by atoms with Crippen molar-refractivity contribution in [1.29, 1.82) is 0 Å². The zero-order valence-electron chi connectivity index (χ0n) is 11.4. The average Bonchev–Trinajstić information content (AvgIpc) is 2.75. The number of rotatable bonds is 2. The van der Waals surface area contributed by atoms with Crippen molar-refractivity contribution < 1.29 is 8.42 Å². The molecule has 3 aromatic rings. The lowest BCUT2D eigenvalue weighted by Crippen LogP contribution is -2.16. The third-order valence-electron chi connectivity index (χ3n) is 3.26. The van der Waals surface area contributed by atoms with Gasteiger partial charge in [-0.2, -0.15) is 17.6 Å². The first-order chi connectivity index (χ1) is 9.93. The SMILES string of the molecule is Cc1nn(S(=O)(=O)c2cccc3cccnc23)c(C)c1Cl. The van der Waals surface area contributed by atoms with Gasteiger partial charge < -0.3 is 0 Å². The van der Waals surface area contributed by atoms with Gasteiger partial charge in [0.15, 0.2) is 0 Å². The van der Waals surface area contributed by atoms with Crippen LogP contribution in [0.25, 0.3) is 10.9 Å². The monoisotopic (exact) mass is 321 g/mol. The van der Waals surface area contributed by atoms with Gasteiger partial charge in [0, 0.05) is 11.6 Å². The standard InChI is InChI=1S/C14H12ClN3O2S/c1-9-13(15)10(2)18(17-9)21(19,20)12-7-3-5-11-6-4-8-16-14(11)12/h3-8H,1-2H3. The number of para-hydroxylation sites is 1. The first-order valence-electron chi connectivity index (χ1n) is 6.24. The fourth-order valence-corrected chi connectivity index (χ4v) is 3.91. The minimum absolute atomic E-state index is 0.114. The Labute approximate surface area is 127 Å².